The van der Waals surface area contributed by atoms with Gasteiger partial charge in [0.1, 0.15) is 16.7 Å². The topological polar surface area (TPSA) is 88.6 Å². The summed E-state index contributed by atoms with van der Waals surface area (Å²) >= 11 is 0. The number of fused-ring (bicyclic) bond motifs is 6. The Bertz CT molecular complexity index is 2680. The first kappa shape index (κ1) is 42.3. The van der Waals surface area contributed by atoms with Gasteiger partial charge in [-0.25, -0.2) is 14.4 Å². The molecule has 0 saturated carbocycles. The second-order valence-corrected chi connectivity index (χ2v) is 18.6. The van der Waals surface area contributed by atoms with Gasteiger partial charge in [0.05, 0.1) is 72.5 Å². The fourth-order valence-electron chi connectivity index (χ4n) is 11.0. The van der Waals surface area contributed by atoms with E-state index >= 15 is 14.4 Å². The third kappa shape index (κ3) is 5.81. The normalized spacial score (nSPS) is 15.5. The summed E-state index contributed by atoms with van der Waals surface area (Å²) < 4.78 is 17.7. The molecule has 10 rings (SSSR count). The summed E-state index contributed by atoms with van der Waals surface area (Å²) in [5.41, 5.74) is 9.10. The van der Waals surface area contributed by atoms with Crippen LogP contribution in [0.2, 0.25) is 0 Å². The van der Waals surface area contributed by atoms with Crippen LogP contribution in [0.3, 0.4) is 0 Å². The highest BCUT2D eigenvalue weighted by Crippen LogP contribution is 2.62. The van der Waals surface area contributed by atoms with E-state index in [4.69, 9.17) is 14.2 Å². The Labute approximate surface area is 385 Å². The Morgan fingerprint density at radius 3 is 0.652 bits per heavy atom. The van der Waals surface area contributed by atoms with Gasteiger partial charge in [-0.1, -0.05) is 151 Å². The average Bonchev–Trinajstić information content (AvgIpc) is 3.33. The molecule has 0 radical (unpaired) electrons. The van der Waals surface area contributed by atoms with E-state index in [0.29, 0.717) is 0 Å². The van der Waals surface area contributed by atoms with Crippen molar-refractivity contribution in [2.75, 3.05) is 36.0 Å². The van der Waals surface area contributed by atoms with Crippen LogP contribution in [0.1, 0.15) is 106 Å². The number of para-hydroxylation sites is 6. The van der Waals surface area contributed by atoms with Gasteiger partial charge >= 0.3 is 17.9 Å². The van der Waals surface area contributed by atoms with Gasteiger partial charge in [0, 0.05) is 16.2 Å². The van der Waals surface area contributed by atoms with E-state index in [1.807, 2.05) is 124 Å². The number of hydrogen-bond donors (Lipinski definition) is 0. The Hall–Kier alpha value is -7.65. The van der Waals surface area contributed by atoms with Crippen LogP contribution >= 0.6 is 0 Å². The molecule has 9 nitrogen and oxygen atoms in total. The second-order valence-electron chi connectivity index (χ2n) is 18.6. The molecule has 0 atom stereocenters. The zero-order chi connectivity index (χ0) is 46.4. The number of ether oxygens (including phenoxy) is 3. The van der Waals surface area contributed by atoms with Gasteiger partial charge in [0.25, 0.3) is 0 Å². The molecule has 3 heterocycles. The summed E-state index contributed by atoms with van der Waals surface area (Å²) in [6, 6.07) is 48.2. The van der Waals surface area contributed by atoms with Crippen LogP contribution in [-0.4, -0.2) is 39.2 Å². The minimum atomic E-state index is -0.776. The number of methoxy groups -OCH3 is 3. The fourth-order valence-corrected chi connectivity index (χ4v) is 11.0. The molecule has 0 aromatic heterocycles. The average molecular weight is 874 g/mol. The van der Waals surface area contributed by atoms with Crippen LogP contribution in [0.25, 0.3) is 0 Å². The van der Waals surface area contributed by atoms with Crippen LogP contribution in [0.5, 0.6) is 0 Å². The number of hydrogen-bond acceptors (Lipinski definition) is 9. The van der Waals surface area contributed by atoms with Crippen LogP contribution in [0, 0.1) is 0 Å². The summed E-state index contributed by atoms with van der Waals surface area (Å²) in [5.74, 6) is -2.33. The van der Waals surface area contributed by atoms with E-state index in [2.05, 4.69) is 77.9 Å². The molecule has 0 unspecified atom stereocenters. The van der Waals surface area contributed by atoms with Gasteiger partial charge < -0.3 is 28.9 Å². The SMILES string of the molecule is COC(=O)c1c(N2c3ccccc3C(C)(C)c3ccccc32)c(C(=O)OC)c(N2c3ccccc3C(C)(C)c3ccccc32)c(C(=O)OC)c1N1c2ccccc2C(C)(C)c2ccccc21. The monoisotopic (exact) mass is 873 g/mol. The Morgan fingerprint density at radius 2 is 0.485 bits per heavy atom. The number of esters is 3. The van der Waals surface area contributed by atoms with Gasteiger partial charge in [-0.05, 0) is 69.8 Å². The molecule has 0 aliphatic carbocycles. The van der Waals surface area contributed by atoms with E-state index in [0.717, 1.165) is 67.5 Å². The first-order chi connectivity index (χ1) is 31.7. The summed E-state index contributed by atoms with van der Waals surface area (Å²) in [4.78, 5) is 52.6. The molecule has 0 spiro atoms. The lowest BCUT2D eigenvalue weighted by Gasteiger charge is -2.47. The molecule has 0 N–H and O–H groups in total. The molecule has 66 heavy (non-hydrogen) atoms. The van der Waals surface area contributed by atoms with Crippen molar-refractivity contribution in [2.45, 2.75) is 57.8 Å². The lowest BCUT2D eigenvalue weighted by Crippen LogP contribution is -2.37. The summed E-state index contributed by atoms with van der Waals surface area (Å²) in [6.07, 6.45) is 0. The van der Waals surface area contributed by atoms with Crippen LogP contribution in [0.4, 0.5) is 51.2 Å². The molecule has 9 heteroatoms. The van der Waals surface area contributed by atoms with E-state index in [9.17, 15) is 0 Å². The molecule has 0 bridgehead atoms. The van der Waals surface area contributed by atoms with Crippen molar-refractivity contribution in [1.82, 2.24) is 0 Å². The van der Waals surface area contributed by atoms with E-state index in [1.165, 1.54) is 21.3 Å². The number of nitrogens with zero attached hydrogens (tertiary/aromatic N) is 3. The molecule has 3 aliphatic heterocycles. The van der Waals surface area contributed by atoms with Crippen molar-refractivity contribution in [1.29, 1.82) is 0 Å². The van der Waals surface area contributed by atoms with Gasteiger partial charge in [-0.2, -0.15) is 0 Å². The Morgan fingerprint density at radius 1 is 0.318 bits per heavy atom. The Kier molecular flexibility index (Phi) is 9.76. The molecule has 330 valence electrons. The smallest absolute Gasteiger partial charge is 0.342 e. The molecule has 7 aromatic carbocycles. The standard InChI is InChI=1S/C57H51N3O6/c1-55(2)34-22-10-16-28-40(34)58(41-29-17-11-23-35(41)55)49-46(52(61)64-7)50(59-42-30-18-12-24-36(42)56(3,4)37-25-13-19-31-43(37)59)48(54(63)66-9)51(47(49)53(62)65-8)60-44-32-20-14-26-38(44)57(5,6)39-27-15-21-33-45(39)60/h10-33H,1-9H3. The third-order valence-corrected chi connectivity index (χ3v) is 14.2. The van der Waals surface area contributed by atoms with Crippen LogP contribution in [0.15, 0.2) is 146 Å². The fraction of sp³-hybridized carbons (Fsp3) is 0.211. The maximum absolute atomic E-state index is 15.5. The zero-order valence-electron chi connectivity index (χ0n) is 38.6. The van der Waals surface area contributed by atoms with Crippen molar-refractivity contribution >= 4 is 69.1 Å². The van der Waals surface area contributed by atoms with Gasteiger partial charge in [-0.3, -0.25) is 0 Å². The predicted molar refractivity (Wildman–Crippen MR) is 261 cm³/mol. The number of benzene rings is 7. The van der Waals surface area contributed by atoms with Crippen molar-refractivity contribution in [3.63, 3.8) is 0 Å². The summed E-state index contributed by atoms with van der Waals surface area (Å²) in [5, 5.41) is 0. The summed E-state index contributed by atoms with van der Waals surface area (Å²) in [6.45, 7) is 13.0. The summed E-state index contributed by atoms with van der Waals surface area (Å²) in [7, 11) is 3.96. The quantitative estimate of drug-likeness (QED) is 0.120. The number of rotatable bonds is 6. The minimum Gasteiger partial charge on any atom is -0.465 e. The van der Waals surface area contributed by atoms with Crippen molar-refractivity contribution < 1.29 is 28.6 Å². The molecule has 0 amide bonds. The van der Waals surface area contributed by atoms with Crippen LogP contribution in [-0.2, 0) is 30.5 Å². The van der Waals surface area contributed by atoms with Gasteiger partial charge in [0.2, 0.25) is 0 Å². The number of carbonyl (C=O) groups excluding carboxylic acids is 3. The molecular weight excluding hydrogens is 823 g/mol. The molecule has 0 fully saturated rings. The second kappa shape index (κ2) is 15.2. The number of anilines is 9. The van der Waals surface area contributed by atoms with Crippen molar-refractivity contribution in [2.24, 2.45) is 0 Å². The van der Waals surface area contributed by atoms with Crippen LogP contribution < -0.4 is 14.7 Å². The van der Waals surface area contributed by atoms with E-state index < -0.39 is 34.2 Å². The molecular formula is C57H51N3O6. The molecule has 7 aromatic rings. The van der Waals surface area contributed by atoms with Gasteiger partial charge in [0.15, 0.2) is 0 Å². The molecule has 0 saturated heterocycles. The van der Waals surface area contributed by atoms with E-state index in [-0.39, 0.29) is 33.8 Å². The first-order valence-electron chi connectivity index (χ1n) is 22.2. The first-order valence-corrected chi connectivity index (χ1v) is 22.2. The highest BCUT2D eigenvalue weighted by molar-refractivity contribution is 6.23. The van der Waals surface area contributed by atoms with E-state index in [1.54, 1.807) is 0 Å². The Balaban J connectivity index is 1.52. The highest BCUT2D eigenvalue weighted by Gasteiger charge is 2.49. The van der Waals surface area contributed by atoms with Crippen molar-refractivity contribution in [3.05, 3.63) is 196 Å². The lowest BCUT2D eigenvalue weighted by molar-refractivity contribution is 0.0602. The maximum Gasteiger partial charge on any atom is 0.342 e. The minimum absolute atomic E-state index is 0.0328. The van der Waals surface area contributed by atoms with Gasteiger partial charge in [-0.15, -0.1) is 0 Å². The molecule has 3 aliphatic rings. The van der Waals surface area contributed by atoms with Crippen molar-refractivity contribution in [3.8, 4) is 0 Å². The maximum atomic E-state index is 15.5. The lowest BCUT2D eigenvalue weighted by atomic mass is 9.72. The third-order valence-electron chi connectivity index (χ3n) is 14.2. The predicted octanol–water partition coefficient (Wildman–Crippen LogP) is 13.4. The zero-order valence-corrected chi connectivity index (χ0v) is 38.6. The number of carbonyl (C=O) groups is 3. The highest BCUT2D eigenvalue weighted by atomic mass is 16.5. The largest absolute Gasteiger partial charge is 0.465 e.